The summed E-state index contributed by atoms with van der Waals surface area (Å²) >= 11 is 17.9. The van der Waals surface area contributed by atoms with Gasteiger partial charge in [-0.2, -0.15) is 0 Å². The van der Waals surface area contributed by atoms with Crippen LogP contribution >= 0.6 is 34.8 Å². The Hall–Kier alpha value is -1.10. The minimum absolute atomic E-state index is 0.479. The quantitative estimate of drug-likeness (QED) is 0.798. The first-order valence-corrected chi connectivity index (χ1v) is 6.06. The molecule has 0 atom stereocenters. The number of aromatic nitrogens is 3. The van der Waals surface area contributed by atoms with Gasteiger partial charge < -0.3 is 4.74 Å². The van der Waals surface area contributed by atoms with Gasteiger partial charge in [0.2, 0.25) is 3.79 Å². The van der Waals surface area contributed by atoms with Crippen LogP contribution in [0.1, 0.15) is 5.56 Å². The highest BCUT2D eigenvalue weighted by Crippen LogP contribution is 2.45. The predicted octanol–water partition coefficient (Wildman–Crippen LogP) is 3.37. The zero-order valence-corrected chi connectivity index (χ0v) is 11.5. The highest BCUT2D eigenvalue weighted by molar-refractivity contribution is 6.67. The van der Waals surface area contributed by atoms with Gasteiger partial charge in [-0.1, -0.05) is 46.9 Å². The molecule has 0 aliphatic rings. The maximum absolute atomic E-state index is 5.95. The van der Waals surface area contributed by atoms with Crippen molar-refractivity contribution < 1.29 is 4.74 Å². The van der Waals surface area contributed by atoms with Crippen molar-refractivity contribution in [2.75, 3.05) is 7.11 Å². The van der Waals surface area contributed by atoms with Crippen molar-refractivity contribution in [3.8, 4) is 17.0 Å². The molecule has 0 unspecified atom stereocenters. The molecule has 0 saturated carbocycles. The monoisotopic (exact) mass is 303 g/mol. The molecular formula is C11H8Cl3N3O. The molecule has 0 saturated heterocycles. The van der Waals surface area contributed by atoms with E-state index in [1.165, 1.54) is 13.3 Å². The molecule has 18 heavy (non-hydrogen) atoms. The number of ether oxygens (including phenoxy) is 1. The number of alkyl halides is 3. The van der Waals surface area contributed by atoms with Gasteiger partial charge >= 0.3 is 0 Å². The summed E-state index contributed by atoms with van der Waals surface area (Å²) in [7, 11) is 1.54. The molecule has 0 bridgehead atoms. The maximum Gasteiger partial charge on any atom is 0.216 e. The molecule has 0 spiro atoms. The van der Waals surface area contributed by atoms with Gasteiger partial charge in [-0.15, -0.1) is 10.2 Å². The van der Waals surface area contributed by atoms with Gasteiger partial charge in [-0.25, -0.2) is 0 Å². The molecule has 1 heterocycles. The van der Waals surface area contributed by atoms with E-state index >= 15 is 0 Å². The summed E-state index contributed by atoms with van der Waals surface area (Å²) in [6.45, 7) is 0. The van der Waals surface area contributed by atoms with E-state index in [0.717, 1.165) is 0 Å². The van der Waals surface area contributed by atoms with E-state index in [1.54, 1.807) is 24.3 Å². The summed E-state index contributed by atoms with van der Waals surface area (Å²) in [5, 5.41) is 11.1. The van der Waals surface area contributed by atoms with E-state index < -0.39 is 3.79 Å². The van der Waals surface area contributed by atoms with Crippen LogP contribution in [-0.4, -0.2) is 22.5 Å². The molecule has 0 amide bonds. The minimum Gasteiger partial charge on any atom is -0.496 e. The normalized spacial score (nSPS) is 11.3. The lowest BCUT2D eigenvalue weighted by atomic mass is 10.0. The zero-order chi connectivity index (χ0) is 13.2. The second kappa shape index (κ2) is 5.26. The number of methoxy groups -OCH3 is 1. The highest BCUT2D eigenvalue weighted by Gasteiger charge is 2.29. The van der Waals surface area contributed by atoms with Crippen LogP contribution < -0.4 is 4.74 Å². The first-order valence-electron chi connectivity index (χ1n) is 4.93. The fourth-order valence-corrected chi connectivity index (χ4v) is 2.05. The van der Waals surface area contributed by atoms with E-state index in [0.29, 0.717) is 22.6 Å². The van der Waals surface area contributed by atoms with Crippen LogP contribution in [0, 0.1) is 0 Å². The van der Waals surface area contributed by atoms with Gasteiger partial charge in [0.1, 0.15) is 11.4 Å². The molecule has 0 aliphatic heterocycles. The molecule has 0 N–H and O–H groups in total. The fraction of sp³-hybridized carbons (Fsp3) is 0.182. The SMILES string of the molecule is COc1cccc(C(Cl)(Cl)Cl)c1-c1ccnnn1. The Morgan fingerprint density at radius 3 is 2.50 bits per heavy atom. The number of hydrogen-bond donors (Lipinski definition) is 0. The van der Waals surface area contributed by atoms with Crippen molar-refractivity contribution in [3.05, 3.63) is 36.0 Å². The minimum atomic E-state index is -1.57. The van der Waals surface area contributed by atoms with Crippen molar-refractivity contribution in [1.29, 1.82) is 0 Å². The molecule has 0 aliphatic carbocycles. The van der Waals surface area contributed by atoms with Crippen molar-refractivity contribution in [2.24, 2.45) is 0 Å². The average Bonchev–Trinajstić information content (AvgIpc) is 2.38. The Morgan fingerprint density at radius 2 is 1.94 bits per heavy atom. The molecule has 2 aromatic rings. The first-order chi connectivity index (χ1) is 8.54. The zero-order valence-electron chi connectivity index (χ0n) is 9.27. The molecule has 1 aromatic carbocycles. The van der Waals surface area contributed by atoms with Gasteiger partial charge in [-0.3, -0.25) is 0 Å². The van der Waals surface area contributed by atoms with E-state index in [4.69, 9.17) is 39.5 Å². The van der Waals surface area contributed by atoms with E-state index in [1.807, 2.05) is 0 Å². The molecule has 1 aromatic heterocycles. The number of rotatable bonds is 2. The standard InChI is InChI=1S/C11H8Cl3N3O/c1-18-9-4-2-3-7(11(12,13)14)10(9)8-5-6-15-17-16-8/h2-6H,1H3. The van der Waals surface area contributed by atoms with Crippen molar-refractivity contribution in [1.82, 2.24) is 15.4 Å². The summed E-state index contributed by atoms with van der Waals surface area (Å²) in [6.07, 6.45) is 1.51. The van der Waals surface area contributed by atoms with Gasteiger partial charge in [0.25, 0.3) is 0 Å². The van der Waals surface area contributed by atoms with Crippen molar-refractivity contribution >= 4 is 34.8 Å². The second-order valence-electron chi connectivity index (χ2n) is 3.39. The molecule has 0 radical (unpaired) electrons. The van der Waals surface area contributed by atoms with Gasteiger partial charge in [0.15, 0.2) is 0 Å². The summed E-state index contributed by atoms with van der Waals surface area (Å²) in [4.78, 5) is 0. The Bertz CT molecular complexity index is 543. The van der Waals surface area contributed by atoms with Gasteiger partial charge in [0, 0.05) is 5.56 Å². The molecule has 4 nitrogen and oxygen atoms in total. The lowest BCUT2D eigenvalue weighted by Crippen LogP contribution is -2.05. The molecular weight excluding hydrogens is 296 g/mol. The Morgan fingerprint density at radius 1 is 1.17 bits per heavy atom. The smallest absolute Gasteiger partial charge is 0.216 e. The number of nitrogens with zero attached hydrogens (tertiary/aromatic N) is 3. The van der Waals surface area contributed by atoms with E-state index in [9.17, 15) is 0 Å². The van der Waals surface area contributed by atoms with Gasteiger partial charge in [-0.05, 0) is 17.3 Å². The first kappa shape index (κ1) is 13.3. The van der Waals surface area contributed by atoms with E-state index in [-0.39, 0.29) is 0 Å². The van der Waals surface area contributed by atoms with Crippen LogP contribution in [-0.2, 0) is 3.79 Å². The maximum atomic E-state index is 5.95. The predicted molar refractivity (Wildman–Crippen MR) is 71.1 cm³/mol. The fourth-order valence-electron chi connectivity index (χ4n) is 1.58. The number of halogens is 3. The summed E-state index contributed by atoms with van der Waals surface area (Å²) in [5.74, 6) is 0.555. The second-order valence-corrected chi connectivity index (χ2v) is 5.67. The lowest BCUT2D eigenvalue weighted by Gasteiger charge is -2.18. The Labute approximate surface area is 119 Å². The van der Waals surface area contributed by atoms with Crippen LogP contribution in [0.15, 0.2) is 30.5 Å². The van der Waals surface area contributed by atoms with E-state index in [2.05, 4.69) is 15.4 Å². The average molecular weight is 305 g/mol. The van der Waals surface area contributed by atoms with Crippen LogP contribution in [0.2, 0.25) is 0 Å². The Kier molecular flexibility index (Phi) is 3.90. The summed E-state index contributed by atoms with van der Waals surface area (Å²) in [6, 6.07) is 6.88. The molecule has 0 fully saturated rings. The van der Waals surface area contributed by atoms with Gasteiger partial charge in [0.05, 0.1) is 18.9 Å². The van der Waals surface area contributed by atoms with Crippen molar-refractivity contribution in [2.45, 2.75) is 3.79 Å². The van der Waals surface area contributed by atoms with Crippen LogP contribution in [0.25, 0.3) is 11.3 Å². The third-order valence-electron chi connectivity index (χ3n) is 2.31. The molecule has 7 heteroatoms. The third-order valence-corrected chi connectivity index (χ3v) is 2.92. The third kappa shape index (κ3) is 2.66. The summed E-state index contributed by atoms with van der Waals surface area (Å²) in [5.41, 5.74) is 1.60. The van der Waals surface area contributed by atoms with Crippen LogP contribution in [0.4, 0.5) is 0 Å². The lowest BCUT2D eigenvalue weighted by molar-refractivity contribution is 0.416. The number of hydrogen-bond acceptors (Lipinski definition) is 4. The molecule has 94 valence electrons. The van der Waals surface area contributed by atoms with Crippen LogP contribution in [0.3, 0.4) is 0 Å². The topological polar surface area (TPSA) is 47.9 Å². The largest absolute Gasteiger partial charge is 0.496 e. The Balaban J connectivity index is 2.70. The number of benzene rings is 1. The van der Waals surface area contributed by atoms with Crippen molar-refractivity contribution in [3.63, 3.8) is 0 Å². The summed E-state index contributed by atoms with van der Waals surface area (Å²) < 4.78 is 3.70. The molecule has 2 rings (SSSR count). The highest BCUT2D eigenvalue weighted by atomic mass is 35.6. The van der Waals surface area contributed by atoms with Crippen LogP contribution in [0.5, 0.6) is 5.75 Å².